The highest BCUT2D eigenvalue weighted by molar-refractivity contribution is 6.30. The van der Waals surface area contributed by atoms with E-state index in [1.165, 1.54) is 0 Å². The van der Waals surface area contributed by atoms with Gasteiger partial charge in [0.25, 0.3) is 5.91 Å². The number of ether oxygens (including phenoxy) is 3. The number of fused-ring (bicyclic) bond motifs is 1. The molecule has 0 saturated carbocycles. The fraction of sp³-hybridized carbons (Fsp3) is 0.385. The highest BCUT2D eigenvalue weighted by Crippen LogP contribution is 2.40. The minimum absolute atomic E-state index is 0.0909. The Bertz CT molecular complexity index is 1200. The number of carbonyl (C=O) groups is 1. The molecule has 3 heterocycles. The van der Waals surface area contributed by atoms with E-state index in [9.17, 15) is 4.79 Å². The Morgan fingerprint density at radius 3 is 2.71 bits per heavy atom. The van der Waals surface area contributed by atoms with Gasteiger partial charge in [-0.3, -0.25) is 4.79 Å². The number of amides is 1. The van der Waals surface area contributed by atoms with E-state index < -0.39 is 0 Å². The van der Waals surface area contributed by atoms with E-state index in [0.717, 1.165) is 41.3 Å². The van der Waals surface area contributed by atoms with Crippen molar-refractivity contribution in [1.29, 1.82) is 0 Å². The summed E-state index contributed by atoms with van der Waals surface area (Å²) in [4.78, 5) is 13.4. The van der Waals surface area contributed by atoms with E-state index in [-0.39, 0.29) is 24.0 Å². The molecule has 0 spiro atoms. The minimum atomic E-state index is -0.240. The van der Waals surface area contributed by atoms with Crippen LogP contribution in [0.4, 0.5) is 0 Å². The van der Waals surface area contributed by atoms with Crippen molar-refractivity contribution in [2.75, 3.05) is 26.6 Å². The van der Waals surface area contributed by atoms with Gasteiger partial charge in [-0.1, -0.05) is 37.6 Å². The molecule has 1 fully saturated rings. The van der Waals surface area contributed by atoms with Crippen molar-refractivity contribution in [3.63, 3.8) is 0 Å². The fourth-order valence-electron chi connectivity index (χ4n) is 4.80. The number of hydrogen-bond acceptors (Lipinski definition) is 5. The number of nitrogens with zero attached hydrogens (tertiary/aromatic N) is 2. The summed E-state index contributed by atoms with van der Waals surface area (Å²) in [6.45, 7) is 6.14. The monoisotopic (exact) mass is 481 g/mol. The molecule has 1 saturated heterocycles. The van der Waals surface area contributed by atoms with Crippen LogP contribution in [-0.4, -0.2) is 42.2 Å². The predicted octanol–water partition coefficient (Wildman–Crippen LogP) is 4.86. The Morgan fingerprint density at radius 1 is 1.15 bits per heavy atom. The SMILES string of the molecule is CC(C)c1c(C(=O)NCC2(c3ccc4c(c3)OCO4)CCOCC2)cnn1-c1cccc(Cl)c1. The number of benzene rings is 2. The fourth-order valence-corrected chi connectivity index (χ4v) is 4.99. The molecule has 34 heavy (non-hydrogen) atoms. The van der Waals surface area contributed by atoms with Crippen LogP contribution in [0.15, 0.2) is 48.7 Å². The van der Waals surface area contributed by atoms with Crippen molar-refractivity contribution in [1.82, 2.24) is 15.1 Å². The van der Waals surface area contributed by atoms with Gasteiger partial charge in [0.1, 0.15) is 0 Å². The third-order valence-corrected chi connectivity index (χ3v) is 6.91. The number of nitrogens with one attached hydrogen (secondary N) is 1. The van der Waals surface area contributed by atoms with E-state index in [2.05, 4.69) is 30.3 Å². The zero-order valence-corrected chi connectivity index (χ0v) is 20.1. The van der Waals surface area contributed by atoms with Crippen LogP contribution >= 0.6 is 11.6 Å². The summed E-state index contributed by atoms with van der Waals surface area (Å²) in [7, 11) is 0. The predicted molar refractivity (Wildman–Crippen MR) is 129 cm³/mol. The summed E-state index contributed by atoms with van der Waals surface area (Å²) in [5.41, 5.74) is 3.14. The molecule has 0 aliphatic carbocycles. The first-order valence-electron chi connectivity index (χ1n) is 11.6. The van der Waals surface area contributed by atoms with E-state index >= 15 is 0 Å². The largest absolute Gasteiger partial charge is 0.454 e. The quantitative estimate of drug-likeness (QED) is 0.544. The lowest BCUT2D eigenvalue weighted by Crippen LogP contribution is -2.44. The summed E-state index contributed by atoms with van der Waals surface area (Å²) >= 11 is 6.19. The number of halogens is 1. The summed E-state index contributed by atoms with van der Waals surface area (Å²) in [5, 5.41) is 8.35. The van der Waals surface area contributed by atoms with Crippen molar-refractivity contribution in [2.24, 2.45) is 0 Å². The summed E-state index contributed by atoms with van der Waals surface area (Å²) in [6, 6.07) is 13.5. The first-order valence-corrected chi connectivity index (χ1v) is 11.9. The zero-order valence-electron chi connectivity index (χ0n) is 19.3. The van der Waals surface area contributed by atoms with Crippen molar-refractivity contribution in [3.8, 4) is 17.2 Å². The number of hydrogen-bond donors (Lipinski definition) is 1. The average molecular weight is 482 g/mol. The second-order valence-corrected chi connectivity index (χ2v) is 9.57. The third kappa shape index (κ3) is 4.26. The molecule has 8 heteroatoms. The molecule has 0 radical (unpaired) electrons. The van der Waals surface area contributed by atoms with Crippen molar-refractivity contribution in [2.45, 2.75) is 38.0 Å². The third-order valence-electron chi connectivity index (χ3n) is 6.67. The van der Waals surface area contributed by atoms with Gasteiger partial charge in [0, 0.05) is 30.2 Å². The van der Waals surface area contributed by atoms with Gasteiger partial charge in [0.15, 0.2) is 11.5 Å². The van der Waals surface area contributed by atoms with Gasteiger partial charge in [0.05, 0.1) is 23.1 Å². The molecular formula is C26H28ClN3O4. The van der Waals surface area contributed by atoms with Crippen LogP contribution in [0.2, 0.25) is 5.02 Å². The van der Waals surface area contributed by atoms with E-state index in [4.69, 9.17) is 25.8 Å². The first-order chi connectivity index (χ1) is 16.5. The smallest absolute Gasteiger partial charge is 0.254 e. The van der Waals surface area contributed by atoms with Gasteiger partial charge in [-0.05, 0) is 54.7 Å². The lowest BCUT2D eigenvalue weighted by atomic mass is 9.74. The molecule has 1 amide bonds. The van der Waals surface area contributed by atoms with Crippen LogP contribution in [0.3, 0.4) is 0 Å². The topological polar surface area (TPSA) is 74.6 Å². The number of carbonyl (C=O) groups excluding carboxylic acids is 1. The zero-order chi connectivity index (χ0) is 23.7. The van der Waals surface area contributed by atoms with Crippen LogP contribution in [0.25, 0.3) is 5.69 Å². The van der Waals surface area contributed by atoms with Gasteiger partial charge in [-0.15, -0.1) is 0 Å². The first kappa shape index (κ1) is 22.7. The van der Waals surface area contributed by atoms with Crippen LogP contribution in [0, 0.1) is 0 Å². The van der Waals surface area contributed by atoms with Crippen molar-refractivity contribution >= 4 is 17.5 Å². The van der Waals surface area contributed by atoms with Gasteiger partial charge < -0.3 is 19.5 Å². The van der Waals surface area contributed by atoms with Crippen LogP contribution in [0.1, 0.15) is 54.2 Å². The Hall–Kier alpha value is -3.03. The van der Waals surface area contributed by atoms with E-state index in [1.807, 2.05) is 36.4 Å². The molecule has 7 nitrogen and oxygen atoms in total. The maximum Gasteiger partial charge on any atom is 0.254 e. The molecular weight excluding hydrogens is 454 g/mol. The Labute approximate surface area is 204 Å². The second-order valence-electron chi connectivity index (χ2n) is 9.13. The highest BCUT2D eigenvalue weighted by atomic mass is 35.5. The van der Waals surface area contributed by atoms with Gasteiger partial charge in [-0.25, -0.2) is 4.68 Å². The molecule has 2 aliphatic heterocycles. The van der Waals surface area contributed by atoms with Crippen LogP contribution < -0.4 is 14.8 Å². The van der Waals surface area contributed by atoms with Gasteiger partial charge in [-0.2, -0.15) is 5.10 Å². The summed E-state index contributed by atoms with van der Waals surface area (Å²) < 4.78 is 18.5. The summed E-state index contributed by atoms with van der Waals surface area (Å²) in [5.74, 6) is 1.46. The van der Waals surface area contributed by atoms with Gasteiger partial charge >= 0.3 is 0 Å². The maximum absolute atomic E-state index is 13.4. The Balaban J connectivity index is 1.41. The van der Waals surface area contributed by atoms with Crippen LogP contribution in [0.5, 0.6) is 11.5 Å². The molecule has 2 aliphatic rings. The second kappa shape index (κ2) is 9.31. The molecule has 0 unspecified atom stereocenters. The molecule has 5 rings (SSSR count). The summed E-state index contributed by atoms with van der Waals surface area (Å²) in [6.07, 6.45) is 3.26. The molecule has 2 aromatic carbocycles. The molecule has 1 N–H and O–H groups in total. The molecule has 3 aromatic rings. The molecule has 0 atom stereocenters. The van der Waals surface area contributed by atoms with E-state index in [0.29, 0.717) is 30.3 Å². The molecule has 178 valence electrons. The van der Waals surface area contributed by atoms with Crippen molar-refractivity contribution < 1.29 is 19.0 Å². The Kier molecular flexibility index (Phi) is 6.23. The maximum atomic E-state index is 13.4. The number of rotatable bonds is 6. The van der Waals surface area contributed by atoms with Crippen molar-refractivity contribution in [3.05, 3.63) is 70.5 Å². The Morgan fingerprint density at radius 2 is 1.94 bits per heavy atom. The molecule has 0 bridgehead atoms. The lowest BCUT2D eigenvalue weighted by Gasteiger charge is -2.38. The highest BCUT2D eigenvalue weighted by Gasteiger charge is 2.36. The minimum Gasteiger partial charge on any atom is -0.454 e. The van der Waals surface area contributed by atoms with Crippen LogP contribution in [-0.2, 0) is 10.2 Å². The van der Waals surface area contributed by atoms with E-state index in [1.54, 1.807) is 10.9 Å². The standard InChI is InChI=1S/C26H28ClN3O4/c1-17(2)24-21(14-29-30(24)20-5-3-4-19(27)13-20)25(31)28-15-26(8-10-32-11-9-26)18-6-7-22-23(12-18)34-16-33-22/h3-7,12-14,17H,8-11,15-16H2,1-2H3,(H,28,31). The average Bonchev–Trinajstić information content (AvgIpc) is 3.50. The van der Waals surface area contributed by atoms with Gasteiger partial charge in [0.2, 0.25) is 6.79 Å². The number of aromatic nitrogens is 2. The lowest BCUT2D eigenvalue weighted by molar-refractivity contribution is 0.0486. The normalized spacial score (nSPS) is 16.6. The molecule has 1 aromatic heterocycles.